The Hall–Kier alpha value is -6.65. The van der Waals surface area contributed by atoms with E-state index in [4.69, 9.17) is 4.99 Å². The van der Waals surface area contributed by atoms with Crippen molar-refractivity contribution in [2.75, 3.05) is 9.80 Å². The van der Waals surface area contributed by atoms with Crippen LogP contribution >= 0.6 is 0 Å². The van der Waals surface area contributed by atoms with Crippen molar-refractivity contribution in [1.29, 1.82) is 0 Å². The Morgan fingerprint density at radius 3 is 1.29 bits per heavy atom. The van der Waals surface area contributed by atoms with Crippen molar-refractivity contribution in [3.05, 3.63) is 221 Å². The summed E-state index contributed by atoms with van der Waals surface area (Å²) in [4.78, 5) is 10.2. The number of allylic oxidation sites excluding steroid dienone is 1. The Balaban J connectivity index is 1.24. The quantitative estimate of drug-likeness (QED) is 0.192. The van der Waals surface area contributed by atoms with Gasteiger partial charge in [0.1, 0.15) is 6.17 Å². The van der Waals surface area contributed by atoms with Crippen LogP contribution in [-0.4, -0.2) is 5.71 Å². The lowest BCUT2D eigenvalue weighted by molar-refractivity contribution is 0.631. The molecule has 1 atom stereocenters. The minimum Gasteiger partial charge on any atom is -0.360 e. The molecule has 0 fully saturated rings. The summed E-state index contributed by atoms with van der Waals surface area (Å²) >= 11 is 0. The maximum absolute atomic E-state index is 5.28. The monoisotopic (exact) mass is 724 g/mol. The third kappa shape index (κ3) is 5.39. The normalized spacial score (nSPS) is 17.3. The molecule has 0 spiro atoms. The Morgan fingerprint density at radius 1 is 0.446 bits per heavy atom. The fourth-order valence-corrected chi connectivity index (χ4v) is 9.16. The number of hydrogen-bond acceptors (Lipinski definition) is 4. The van der Waals surface area contributed by atoms with Crippen molar-refractivity contribution >= 4 is 45.5 Å². The summed E-state index contributed by atoms with van der Waals surface area (Å²) in [6.45, 7) is 9.38. The topological polar surface area (TPSA) is 30.9 Å². The molecule has 10 rings (SSSR count). The number of benzene rings is 7. The number of fused-ring (bicyclic) bond motifs is 4. The molecular weight excluding hydrogens is 681 g/mol. The first-order valence-corrected chi connectivity index (χ1v) is 19.6. The Bertz CT molecular complexity index is 2460. The van der Waals surface area contributed by atoms with Crippen molar-refractivity contribution < 1.29 is 0 Å². The first-order valence-electron chi connectivity index (χ1n) is 19.6. The molecule has 7 aromatic rings. The fourth-order valence-electron chi connectivity index (χ4n) is 9.16. The first kappa shape index (κ1) is 33.9. The molecule has 0 saturated heterocycles. The van der Waals surface area contributed by atoms with Crippen molar-refractivity contribution in [3.8, 4) is 0 Å². The summed E-state index contributed by atoms with van der Waals surface area (Å²) in [5, 5.41) is 3.89. The Kier molecular flexibility index (Phi) is 7.86. The molecule has 0 aliphatic carbocycles. The number of para-hydroxylation sites is 4. The summed E-state index contributed by atoms with van der Waals surface area (Å²) in [7, 11) is 0. The van der Waals surface area contributed by atoms with E-state index in [1.807, 2.05) is 0 Å². The van der Waals surface area contributed by atoms with Crippen LogP contribution in [0.4, 0.5) is 34.1 Å². The molecule has 1 N–H and O–H groups in total. The van der Waals surface area contributed by atoms with Crippen molar-refractivity contribution in [2.45, 2.75) is 44.7 Å². The predicted octanol–water partition coefficient (Wildman–Crippen LogP) is 13.0. The second-order valence-electron chi connectivity index (χ2n) is 16.1. The highest BCUT2D eigenvalue weighted by Gasteiger charge is 2.39. The van der Waals surface area contributed by atoms with Crippen molar-refractivity contribution in [1.82, 2.24) is 5.32 Å². The van der Waals surface area contributed by atoms with Crippen LogP contribution in [0.3, 0.4) is 0 Å². The van der Waals surface area contributed by atoms with E-state index >= 15 is 0 Å². The summed E-state index contributed by atoms with van der Waals surface area (Å²) in [6.07, 6.45) is 1.97. The van der Waals surface area contributed by atoms with E-state index in [-0.39, 0.29) is 17.0 Å². The van der Waals surface area contributed by atoms with Crippen LogP contribution in [0.2, 0.25) is 0 Å². The molecule has 0 saturated carbocycles. The van der Waals surface area contributed by atoms with E-state index in [1.54, 1.807) is 0 Å². The van der Waals surface area contributed by atoms with E-state index in [0.717, 1.165) is 39.5 Å². The average molecular weight is 725 g/mol. The van der Waals surface area contributed by atoms with Crippen LogP contribution in [0.1, 0.15) is 72.8 Å². The molecule has 0 aromatic heterocycles. The van der Waals surface area contributed by atoms with Crippen LogP contribution in [0, 0.1) is 0 Å². The largest absolute Gasteiger partial charge is 0.360 e. The zero-order valence-electron chi connectivity index (χ0n) is 32.2. The third-order valence-corrected chi connectivity index (χ3v) is 12.0. The smallest absolute Gasteiger partial charge is 0.145 e. The number of hydrogen-bond donors (Lipinski definition) is 1. The van der Waals surface area contributed by atoms with Gasteiger partial charge < -0.3 is 15.1 Å². The standard InChI is InChI=1S/C52H44N4/c1-51(2)40-23-11-15-27-46(40)55(47-28-16-12-24-41(47)51)38-31-37(45-34-44(35-19-7-5-8-20-35)53-50(54-45)36-21-9-6-10-22-36)32-39(33-38)56-48-29-17-13-25-42(48)52(3,4)43-26-14-18-30-49(43)56/h5-34,50,54H,1-4H3. The summed E-state index contributed by atoms with van der Waals surface area (Å²) < 4.78 is 0. The average Bonchev–Trinajstić information content (AvgIpc) is 3.24. The van der Waals surface area contributed by atoms with Gasteiger partial charge in [-0.2, -0.15) is 0 Å². The predicted molar refractivity (Wildman–Crippen MR) is 233 cm³/mol. The van der Waals surface area contributed by atoms with Crippen LogP contribution in [0.5, 0.6) is 0 Å². The van der Waals surface area contributed by atoms with Gasteiger partial charge >= 0.3 is 0 Å². The van der Waals surface area contributed by atoms with E-state index in [0.29, 0.717) is 0 Å². The lowest BCUT2D eigenvalue weighted by Gasteiger charge is -2.43. The SMILES string of the molecule is CC1(C)c2ccccc2N(c2cc(C3=CC(c4ccccc4)=NC(c4ccccc4)N3)cc(N3c4ccccc4C(C)(C)c4ccccc43)c2)c2ccccc21. The minimum atomic E-state index is -0.256. The van der Waals surface area contributed by atoms with Gasteiger partial charge in [0.2, 0.25) is 0 Å². The molecule has 272 valence electrons. The lowest BCUT2D eigenvalue weighted by atomic mass is 9.73. The van der Waals surface area contributed by atoms with Gasteiger partial charge in [-0.1, -0.05) is 161 Å². The highest BCUT2D eigenvalue weighted by Crippen LogP contribution is 2.55. The summed E-state index contributed by atoms with van der Waals surface area (Å²) in [5.41, 5.74) is 17.1. The maximum Gasteiger partial charge on any atom is 0.145 e. The minimum absolute atomic E-state index is 0.169. The highest BCUT2D eigenvalue weighted by molar-refractivity contribution is 6.13. The second kappa shape index (κ2) is 13.0. The highest BCUT2D eigenvalue weighted by atomic mass is 15.2. The molecule has 56 heavy (non-hydrogen) atoms. The van der Waals surface area contributed by atoms with Crippen molar-refractivity contribution in [3.63, 3.8) is 0 Å². The van der Waals surface area contributed by atoms with Crippen LogP contribution in [0.25, 0.3) is 5.70 Å². The van der Waals surface area contributed by atoms with E-state index in [2.05, 4.69) is 225 Å². The molecule has 0 amide bonds. The van der Waals surface area contributed by atoms with Gasteiger partial charge in [-0.15, -0.1) is 0 Å². The van der Waals surface area contributed by atoms with Crippen LogP contribution < -0.4 is 15.1 Å². The van der Waals surface area contributed by atoms with Gasteiger partial charge in [0, 0.05) is 33.5 Å². The zero-order chi connectivity index (χ0) is 38.0. The zero-order valence-corrected chi connectivity index (χ0v) is 32.2. The molecule has 1 unspecified atom stereocenters. The summed E-state index contributed by atoms with van der Waals surface area (Å²) in [5.74, 6) is 0. The van der Waals surface area contributed by atoms with E-state index in [1.165, 1.54) is 45.0 Å². The number of rotatable bonds is 5. The molecule has 0 bridgehead atoms. The van der Waals surface area contributed by atoms with Gasteiger partial charge in [0.25, 0.3) is 0 Å². The molecular formula is C52H44N4. The number of nitrogens with one attached hydrogen (secondary N) is 1. The molecule has 0 radical (unpaired) electrons. The first-order chi connectivity index (χ1) is 27.3. The number of nitrogens with zero attached hydrogens (tertiary/aromatic N) is 3. The van der Waals surface area contributed by atoms with Crippen LogP contribution in [-0.2, 0) is 10.8 Å². The van der Waals surface area contributed by atoms with E-state index in [9.17, 15) is 0 Å². The molecule has 7 aromatic carbocycles. The number of anilines is 6. The van der Waals surface area contributed by atoms with Gasteiger partial charge in [-0.05, 0) is 81.9 Å². The molecule has 3 heterocycles. The maximum atomic E-state index is 5.28. The Morgan fingerprint density at radius 2 is 0.839 bits per heavy atom. The fraction of sp³-hybridized carbons (Fsp3) is 0.135. The van der Waals surface area contributed by atoms with Crippen LogP contribution in [0.15, 0.2) is 187 Å². The van der Waals surface area contributed by atoms with Crippen molar-refractivity contribution in [2.24, 2.45) is 4.99 Å². The third-order valence-electron chi connectivity index (χ3n) is 12.0. The number of aliphatic imine (C=N–C) groups is 1. The Labute approximate surface area is 330 Å². The second-order valence-corrected chi connectivity index (χ2v) is 16.1. The van der Waals surface area contributed by atoms with Gasteiger partial charge in [0.05, 0.1) is 28.5 Å². The van der Waals surface area contributed by atoms with E-state index < -0.39 is 0 Å². The lowest BCUT2D eigenvalue weighted by Crippen LogP contribution is -2.31. The van der Waals surface area contributed by atoms with Gasteiger partial charge in [-0.25, -0.2) is 0 Å². The molecule has 3 aliphatic rings. The molecule has 3 aliphatic heterocycles. The van der Waals surface area contributed by atoms with Gasteiger partial charge in [0.15, 0.2) is 0 Å². The molecule has 4 heteroatoms. The summed E-state index contributed by atoms with van der Waals surface area (Å²) in [6, 6.07) is 63.8. The molecule has 4 nitrogen and oxygen atoms in total. The van der Waals surface area contributed by atoms with Gasteiger partial charge in [-0.3, -0.25) is 4.99 Å².